The molecule has 0 unspecified atom stereocenters. The normalized spacial score (nSPS) is 11.1. The van der Waals surface area contributed by atoms with E-state index in [9.17, 15) is 4.79 Å². The molecule has 6 heteroatoms. The van der Waals surface area contributed by atoms with Gasteiger partial charge in [-0.25, -0.2) is 14.8 Å². The van der Waals surface area contributed by atoms with Crippen LogP contribution in [0.25, 0.3) is 21.7 Å². The van der Waals surface area contributed by atoms with Crippen molar-refractivity contribution in [3.05, 3.63) is 34.7 Å². The molecule has 0 amide bonds. The number of rotatable bonds is 2. The number of benzene rings is 1. The molecular weight excluding hydrogens is 264 g/mol. The van der Waals surface area contributed by atoms with Gasteiger partial charge in [0.25, 0.3) is 0 Å². The third-order valence-electron chi connectivity index (χ3n) is 2.73. The number of oxazole rings is 1. The minimum atomic E-state index is -0.946. The summed E-state index contributed by atoms with van der Waals surface area (Å²) in [5.74, 6) is -0.341. The average Bonchev–Trinajstić information content (AvgIpc) is 2.89. The first-order valence-electron chi connectivity index (χ1n) is 5.63. The Morgan fingerprint density at radius 2 is 2.11 bits per heavy atom. The topological polar surface area (TPSA) is 76.2 Å². The van der Waals surface area contributed by atoms with E-state index in [4.69, 9.17) is 9.52 Å². The molecule has 1 aromatic carbocycles. The average molecular weight is 274 g/mol. The van der Waals surface area contributed by atoms with Gasteiger partial charge in [-0.3, -0.25) is 0 Å². The van der Waals surface area contributed by atoms with Gasteiger partial charge < -0.3 is 9.52 Å². The van der Waals surface area contributed by atoms with Gasteiger partial charge in [0.2, 0.25) is 0 Å². The lowest BCUT2D eigenvalue weighted by Gasteiger charge is -1.94. The maximum absolute atomic E-state index is 11.0. The zero-order valence-electron chi connectivity index (χ0n) is 10.3. The summed E-state index contributed by atoms with van der Waals surface area (Å²) in [6.07, 6.45) is 0. The first kappa shape index (κ1) is 11.9. The Labute approximate surface area is 112 Å². The largest absolute Gasteiger partial charge is 0.477 e. The van der Waals surface area contributed by atoms with E-state index in [1.54, 1.807) is 13.8 Å². The lowest BCUT2D eigenvalue weighted by molar-refractivity contribution is 0.0701. The third kappa shape index (κ3) is 2.00. The number of carboxylic acid groups (broad SMARTS) is 1. The predicted octanol–water partition coefficient (Wildman–Crippen LogP) is 3.27. The Kier molecular flexibility index (Phi) is 2.60. The van der Waals surface area contributed by atoms with Crippen LogP contribution in [0.1, 0.15) is 21.3 Å². The first-order chi connectivity index (χ1) is 9.04. The number of carbonyl (C=O) groups is 1. The molecule has 0 aliphatic rings. The summed E-state index contributed by atoms with van der Waals surface area (Å²) in [4.78, 5) is 19.8. The molecule has 2 aromatic heterocycles. The number of thiazole rings is 1. The smallest absolute Gasteiger partial charge is 0.347 e. The highest BCUT2D eigenvalue weighted by molar-refractivity contribution is 7.17. The number of nitrogens with zero attached hydrogens (tertiary/aromatic N) is 2. The van der Waals surface area contributed by atoms with Crippen molar-refractivity contribution in [1.82, 2.24) is 9.97 Å². The minimum absolute atomic E-state index is 0.267. The van der Waals surface area contributed by atoms with Crippen LogP contribution in [-0.4, -0.2) is 21.0 Å². The molecule has 0 atom stereocenters. The van der Waals surface area contributed by atoms with Crippen molar-refractivity contribution in [3.8, 4) is 10.6 Å². The standard InChI is InChI=1S/C13H10N2O3S/c1-6-11(13(16)17)19-12(14-6)8-3-4-9-10(5-8)18-7(2)15-9/h3-5H,1-2H3,(H,16,17). The van der Waals surface area contributed by atoms with Crippen LogP contribution >= 0.6 is 11.3 Å². The zero-order valence-corrected chi connectivity index (χ0v) is 11.1. The zero-order chi connectivity index (χ0) is 13.6. The van der Waals surface area contributed by atoms with Gasteiger partial charge in [0.1, 0.15) is 15.4 Å². The summed E-state index contributed by atoms with van der Waals surface area (Å²) in [5, 5.41) is 9.71. The van der Waals surface area contributed by atoms with Crippen LogP contribution in [0, 0.1) is 13.8 Å². The van der Waals surface area contributed by atoms with Crippen molar-refractivity contribution in [2.24, 2.45) is 0 Å². The monoisotopic (exact) mass is 274 g/mol. The molecule has 3 rings (SSSR count). The molecule has 0 bridgehead atoms. The van der Waals surface area contributed by atoms with Crippen LogP contribution < -0.4 is 0 Å². The molecule has 0 aliphatic carbocycles. The van der Waals surface area contributed by atoms with E-state index in [1.165, 1.54) is 0 Å². The molecular formula is C13H10N2O3S. The van der Waals surface area contributed by atoms with Gasteiger partial charge >= 0.3 is 5.97 Å². The van der Waals surface area contributed by atoms with Gasteiger partial charge in [-0.2, -0.15) is 0 Å². The van der Waals surface area contributed by atoms with Gasteiger partial charge in [-0.1, -0.05) is 0 Å². The highest BCUT2D eigenvalue weighted by atomic mass is 32.1. The Balaban J connectivity index is 2.13. The summed E-state index contributed by atoms with van der Waals surface area (Å²) in [5.41, 5.74) is 2.83. The van der Waals surface area contributed by atoms with Gasteiger partial charge in [-0.05, 0) is 25.1 Å². The summed E-state index contributed by atoms with van der Waals surface area (Å²) in [7, 11) is 0. The lowest BCUT2D eigenvalue weighted by Crippen LogP contribution is -1.94. The van der Waals surface area contributed by atoms with Gasteiger partial charge in [0.05, 0.1) is 5.69 Å². The molecule has 3 aromatic rings. The predicted molar refractivity (Wildman–Crippen MR) is 71.6 cm³/mol. The van der Waals surface area contributed by atoms with E-state index in [1.807, 2.05) is 18.2 Å². The highest BCUT2D eigenvalue weighted by Gasteiger charge is 2.15. The first-order valence-corrected chi connectivity index (χ1v) is 6.44. The number of aromatic carboxylic acids is 1. The van der Waals surface area contributed by atoms with Crippen LogP contribution in [0.5, 0.6) is 0 Å². The van der Waals surface area contributed by atoms with Crippen molar-refractivity contribution in [1.29, 1.82) is 0 Å². The molecule has 0 saturated heterocycles. The Bertz CT molecular complexity index is 788. The number of fused-ring (bicyclic) bond motifs is 1. The van der Waals surface area contributed by atoms with Gasteiger partial charge in [-0.15, -0.1) is 11.3 Å². The van der Waals surface area contributed by atoms with E-state index in [0.717, 1.165) is 22.4 Å². The Morgan fingerprint density at radius 3 is 2.79 bits per heavy atom. The summed E-state index contributed by atoms with van der Waals surface area (Å²) < 4.78 is 5.46. The molecule has 0 saturated carbocycles. The van der Waals surface area contributed by atoms with Crippen LogP contribution in [0.15, 0.2) is 22.6 Å². The third-order valence-corrected chi connectivity index (χ3v) is 3.93. The fourth-order valence-electron chi connectivity index (χ4n) is 1.89. The van der Waals surface area contributed by atoms with Crippen LogP contribution in [0.4, 0.5) is 0 Å². The molecule has 0 fully saturated rings. The summed E-state index contributed by atoms with van der Waals surface area (Å²) in [6.45, 7) is 3.48. The minimum Gasteiger partial charge on any atom is -0.477 e. The Hall–Kier alpha value is -2.21. The van der Waals surface area contributed by atoms with E-state index in [0.29, 0.717) is 22.2 Å². The molecule has 96 valence electrons. The summed E-state index contributed by atoms with van der Waals surface area (Å²) in [6, 6.07) is 5.55. The van der Waals surface area contributed by atoms with Crippen molar-refractivity contribution >= 4 is 28.4 Å². The van der Waals surface area contributed by atoms with Crippen molar-refractivity contribution < 1.29 is 14.3 Å². The number of carboxylic acids is 1. The second-order valence-electron chi connectivity index (χ2n) is 4.15. The second-order valence-corrected chi connectivity index (χ2v) is 5.15. The number of hydrogen-bond donors (Lipinski definition) is 1. The van der Waals surface area contributed by atoms with Crippen LogP contribution in [-0.2, 0) is 0 Å². The molecule has 0 spiro atoms. The summed E-state index contributed by atoms with van der Waals surface area (Å²) >= 11 is 1.16. The van der Waals surface area contributed by atoms with Crippen molar-refractivity contribution in [2.75, 3.05) is 0 Å². The SMILES string of the molecule is Cc1nc2ccc(-c3nc(C)c(C(=O)O)s3)cc2o1. The maximum atomic E-state index is 11.0. The number of aryl methyl sites for hydroxylation is 2. The Morgan fingerprint density at radius 1 is 1.32 bits per heavy atom. The molecule has 0 radical (unpaired) electrons. The van der Waals surface area contributed by atoms with Gasteiger partial charge in [0, 0.05) is 12.5 Å². The van der Waals surface area contributed by atoms with E-state index in [-0.39, 0.29) is 4.88 Å². The van der Waals surface area contributed by atoms with E-state index in [2.05, 4.69) is 9.97 Å². The van der Waals surface area contributed by atoms with Crippen LogP contribution in [0.3, 0.4) is 0 Å². The second kappa shape index (κ2) is 4.17. The fourth-order valence-corrected chi connectivity index (χ4v) is 2.79. The number of aromatic nitrogens is 2. The molecule has 0 aliphatic heterocycles. The highest BCUT2D eigenvalue weighted by Crippen LogP contribution is 2.30. The molecule has 19 heavy (non-hydrogen) atoms. The molecule has 5 nitrogen and oxygen atoms in total. The van der Waals surface area contributed by atoms with E-state index >= 15 is 0 Å². The quantitative estimate of drug-likeness (QED) is 0.776. The van der Waals surface area contributed by atoms with E-state index < -0.39 is 5.97 Å². The molecule has 2 heterocycles. The molecule has 1 N–H and O–H groups in total. The maximum Gasteiger partial charge on any atom is 0.347 e. The van der Waals surface area contributed by atoms with Crippen LogP contribution in [0.2, 0.25) is 0 Å². The van der Waals surface area contributed by atoms with Gasteiger partial charge in [0.15, 0.2) is 11.5 Å². The lowest BCUT2D eigenvalue weighted by atomic mass is 10.2. The van der Waals surface area contributed by atoms with Crippen molar-refractivity contribution in [3.63, 3.8) is 0 Å². The fraction of sp³-hybridized carbons (Fsp3) is 0.154. The number of hydrogen-bond acceptors (Lipinski definition) is 5. The van der Waals surface area contributed by atoms with Crippen molar-refractivity contribution in [2.45, 2.75) is 13.8 Å².